The van der Waals surface area contributed by atoms with E-state index in [0.717, 1.165) is 12.2 Å². The zero-order valence-electron chi connectivity index (χ0n) is 9.35. The van der Waals surface area contributed by atoms with Crippen molar-refractivity contribution in [1.29, 1.82) is 0 Å². The molecule has 0 amide bonds. The molecule has 1 fully saturated rings. The number of hydrogen-bond donors (Lipinski definition) is 1. The van der Waals surface area contributed by atoms with Crippen LogP contribution in [0.15, 0.2) is 24.3 Å². The summed E-state index contributed by atoms with van der Waals surface area (Å²) in [5.74, 6) is 0.947. The van der Waals surface area contributed by atoms with Crippen LogP contribution in [-0.4, -0.2) is 17.7 Å². The van der Waals surface area contributed by atoms with Crippen molar-refractivity contribution in [2.45, 2.75) is 25.7 Å². The summed E-state index contributed by atoms with van der Waals surface area (Å²) in [5.41, 5.74) is 1.23. The number of ether oxygens (including phenoxy) is 1. The number of hydrogen-bond acceptors (Lipinski definition) is 2. The van der Waals surface area contributed by atoms with Crippen molar-refractivity contribution in [1.82, 2.24) is 0 Å². The molecule has 0 heterocycles. The topological polar surface area (TPSA) is 46.5 Å². The van der Waals surface area contributed by atoms with Gasteiger partial charge < -0.3 is 9.84 Å². The van der Waals surface area contributed by atoms with Crippen molar-refractivity contribution in [2.75, 3.05) is 6.61 Å². The van der Waals surface area contributed by atoms with Crippen LogP contribution in [0.5, 0.6) is 5.75 Å². The molecular formula is C13H16O3. The second-order valence-corrected chi connectivity index (χ2v) is 4.20. The quantitative estimate of drug-likeness (QED) is 0.829. The summed E-state index contributed by atoms with van der Waals surface area (Å²) in [6.45, 7) is 2.63. The minimum Gasteiger partial charge on any atom is -0.494 e. The molecule has 0 bridgehead atoms. The van der Waals surface area contributed by atoms with Crippen molar-refractivity contribution in [3.8, 4) is 5.75 Å². The molecule has 0 aliphatic heterocycles. The summed E-state index contributed by atoms with van der Waals surface area (Å²) < 4.78 is 5.36. The molecule has 3 nitrogen and oxygen atoms in total. The van der Waals surface area contributed by atoms with Gasteiger partial charge in [0.1, 0.15) is 5.75 Å². The lowest BCUT2D eigenvalue weighted by Gasteiger charge is -2.04. The van der Waals surface area contributed by atoms with E-state index in [-0.39, 0.29) is 6.42 Å². The Morgan fingerprint density at radius 1 is 1.44 bits per heavy atom. The van der Waals surface area contributed by atoms with Crippen LogP contribution in [0, 0.1) is 5.92 Å². The van der Waals surface area contributed by atoms with E-state index in [1.807, 2.05) is 31.2 Å². The summed E-state index contributed by atoms with van der Waals surface area (Å²) in [6, 6.07) is 7.99. The van der Waals surface area contributed by atoms with Gasteiger partial charge in [-0.25, -0.2) is 0 Å². The second kappa shape index (κ2) is 4.56. The number of benzene rings is 1. The molecule has 86 valence electrons. The fourth-order valence-electron chi connectivity index (χ4n) is 2.08. The molecule has 1 aliphatic carbocycles. The molecule has 0 aromatic heterocycles. The van der Waals surface area contributed by atoms with Gasteiger partial charge in [-0.15, -0.1) is 0 Å². The largest absolute Gasteiger partial charge is 0.494 e. The van der Waals surface area contributed by atoms with Gasteiger partial charge >= 0.3 is 5.97 Å². The lowest BCUT2D eigenvalue weighted by Crippen LogP contribution is -1.96. The summed E-state index contributed by atoms with van der Waals surface area (Å²) in [5, 5.41) is 8.68. The highest BCUT2D eigenvalue weighted by Crippen LogP contribution is 2.49. The van der Waals surface area contributed by atoms with Crippen molar-refractivity contribution in [2.24, 2.45) is 5.92 Å². The first-order valence-corrected chi connectivity index (χ1v) is 5.65. The van der Waals surface area contributed by atoms with Gasteiger partial charge in [-0.1, -0.05) is 12.1 Å². The maximum absolute atomic E-state index is 10.5. The van der Waals surface area contributed by atoms with Crippen LogP contribution in [0.3, 0.4) is 0 Å². The van der Waals surface area contributed by atoms with Crippen LogP contribution in [0.4, 0.5) is 0 Å². The Balaban J connectivity index is 1.94. The Kier molecular flexibility index (Phi) is 3.13. The first-order chi connectivity index (χ1) is 7.70. The summed E-state index contributed by atoms with van der Waals surface area (Å²) in [7, 11) is 0. The molecule has 1 saturated carbocycles. The molecule has 0 spiro atoms. The molecule has 1 aliphatic rings. The van der Waals surface area contributed by atoms with Gasteiger partial charge in [0.2, 0.25) is 0 Å². The highest BCUT2D eigenvalue weighted by molar-refractivity contribution is 5.67. The van der Waals surface area contributed by atoms with Crippen LogP contribution in [0.1, 0.15) is 31.2 Å². The molecule has 0 radical (unpaired) electrons. The van der Waals surface area contributed by atoms with Gasteiger partial charge in [0, 0.05) is 6.42 Å². The van der Waals surface area contributed by atoms with E-state index in [2.05, 4.69) is 0 Å². The normalized spacial score (nSPS) is 22.8. The summed E-state index contributed by atoms with van der Waals surface area (Å²) in [6.07, 6.45) is 1.29. The van der Waals surface area contributed by atoms with Gasteiger partial charge in [-0.3, -0.25) is 4.79 Å². The first-order valence-electron chi connectivity index (χ1n) is 5.65. The van der Waals surface area contributed by atoms with E-state index in [1.54, 1.807) is 0 Å². The Morgan fingerprint density at radius 3 is 2.69 bits per heavy atom. The third-order valence-corrected chi connectivity index (χ3v) is 2.98. The van der Waals surface area contributed by atoms with Crippen molar-refractivity contribution >= 4 is 5.97 Å². The first kappa shape index (κ1) is 11.0. The minimum absolute atomic E-state index is 0.290. The lowest BCUT2D eigenvalue weighted by atomic mass is 10.1. The molecule has 3 heteroatoms. The molecule has 0 saturated heterocycles. The van der Waals surface area contributed by atoms with Gasteiger partial charge in [-0.2, -0.15) is 0 Å². The highest BCUT2D eigenvalue weighted by atomic mass is 16.5. The highest BCUT2D eigenvalue weighted by Gasteiger charge is 2.39. The van der Waals surface area contributed by atoms with Crippen molar-refractivity contribution in [3.05, 3.63) is 29.8 Å². The third-order valence-electron chi connectivity index (χ3n) is 2.98. The number of carboxylic acid groups (broad SMARTS) is 1. The Labute approximate surface area is 95.0 Å². The van der Waals surface area contributed by atoms with Gasteiger partial charge in [0.05, 0.1) is 6.61 Å². The molecule has 2 atom stereocenters. The molecule has 1 aromatic rings. The van der Waals surface area contributed by atoms with Crippen LogP contribution < -0.4 is 4.74 Å². The van der Waals surface area contributed by atoms with Crippen molar-refractivity contribution < 1.29 is 14.6 Å². The van der Waals surface area contributed by atoms with E-state index in [0.29, 0.717) is 18.4 Å². The monoisotopic (exact) mass is 220 g/mol. The number of aliphatic carboxylic acids is 1. The summed E-state index contributed by atoms with van der Waals surface area (Å²) in [4.78, 5) is 10.5. The van der Waals surface area contributed by atoms with E-state index in [1.165, 1.54) is 5.56 Å². The Hall–Kier alpha value is -1.51. The van der Waals surface area contributed by atoms with Crippen LogP contribution in [0.25, 0.3) is 0 Å². The fraction of sp³-hybridized carbons (Fsp3) is 0.462. The number of carbonyl (C=O) groups is 1. The van der Waals surface area contributed by atoms with Crippen molar-refractivity contribution in [3.63, 3.8) is 0 Å². The fourth-order valence-corrected chi connectivity index (χ4v) is 2.08. The maximum Gasteiger partial charge on any atom is 0.303 e. The standard InChI is InChI=1S/C13H16O3/c1-2-16-11-5-3-9(4-6-11)12-7-10(12)8-13(14)15/h3-6,10,12H,2,7-8H2,1H3,(H,14,15). The minimum atomic E-state index is -0.696. The Bertz CT molecular complexity index is 369. The van der Waals surface area contributed by atoms with Crippen LogP contribution >= 0.6 is 0 Å². The SMILES string of the molecule is CCOc1ccc(C2CC2CC(=O)O)cc1. The Morgan fingerprint density at radius 2 is 2.12 bits per heavy atom. The molecule has 2 unspecified atom stereocenters. The van der Waals surface area contributed by atoms with Crippen LogP contribution in [-0.2, 0) is 4.79 Å². The predicted molar refractivity (Wildman–Crippen MR) is 60.7 cm³/mol. The molecule has 1 aromatic carbocycles. The van der Waals surface area contributed by atoms with Gasteiger partial charge in [0.15, 0.2) is 0 Å². The van der Waals surface area contributed by atoms with E-state index in [9.17, 15) is 4.79 Å². The average molecular weight is 220 g/mol. The van der Waals surface area contributed by atoms with Gasteiger partial charge in [-0.05, 0) is 42.9 Å². The predicted octanol–water partition coefficient (Wildman–Crippen LogP) is 2.66. The average Bonchev–Trinajstić information content (AvgIpc) is 2.98. The number of carboxylic acids is 1. The molecule has 2 rings (SSSR count). The zero-order valence-corrected chi connectivity index (χ0v) is 9.35. The van der Waals surface area contributed by atoms with Gasteiger partial charge in [0.25, 0.3) is 0 Å². The number of rotatable bonds is 5. The molecule has 16 heavy (non-hydrogen) atoms. The smallest absolute Gasteiger partial charge is 0.303 e. The maximum atomic E-state index is 10.5. The second-order valence-electron chi connectivity index (χ2n) is 4.20. The molecule has 1 N–H and O–H groups in total. The van der Waals surface area contributed by atoms with E-state index in [4.69, 9.17) is 9.84 Å². The summed E-state index contributed by atoms with van der Waals surface area (Å²) >= 11 is 0. The third kappa shape index (κ3) is 2.54. The van der Waals surface area contributed by atoms with E-state index >= 15 is 0 Å². The van der Waals surface area contributed by atoms with E-state index < -0.39 is 5.97 Å². The molecular weight excluding hydrogens is 204 g/mol. The van der Waals surface area contributed by atoms with Crippen LogP contribution in [0.2, 0.25) is 0 Å². The lowest BCUT2D eigenvalue weighted by molar-refractivity contribution is -0.137. The zero-order chi connectivity index (χ0) is 11.5.